The molecule has 0 unspecified atom stereocenters. The molecule has 0 saturated carbocycles. The summed E-state index contributed by atoms with van der Waals surface area (Å²) in [6.45, 7) is 4.33. The highest BCUT2D eigenvalue weighted by Crippen LogP contribution is 2.28. The van der Waals surface area contributed by atoms with E-state index in [9.17, 15) is 8.42 Å². The second kappa shape index (κ2) is 5.05. The van der Waals surface area contributed by atoms with Gasteiger partial charge in [-0.2, -0.15) is 4.31 Å². The summed E-state index contributed by atoms with van der Waals surface area (Å²) < 4.78 is 32.7. The molecule has 0 spiro atoms. The van der Waals surface area contributed by atoms with Crippen molar-refractivity contribution in [3.8, 4) is 0 Å². The van der Waals surface area contributed by atoms with Crippen LogP contribution >= 0.6 is 0 Å². The molecule has 3 aliphatic heterocycles. The number of fused-ring (bicyclic) bond motifs is 2. The third kappa shape index (κ3) is 2.30. The van der Waals surface area contributed by atoms with Gasteiger partial charge in [0.2, 0.25) is 10.0 Å². The van der Waals surface area contributed by atoms with Gasteiger partial charge in [-0.1, -0.05) is 6.07 Å². The molecule has 0 amide bonds. The van der Waals surface area contributed by atoms with Gasteiger partial charge in [-0.05, 0) is 42.6 Å². The standard InChI is InChI=1S/C15H20N2O3S/c18-21(19,15-4-3-12-10-20-11-13(12)8-15)17-7-6-16-5-1-2-14(16)9-17/h3-4,8,14H,1-2,5-7,9-11H2/t14-/m0/s1. The van der Waals surface area contributed by atoms with Crippen LogP contribution in [0.3, 0.4) is 0 Å². The summed E-state index contributed by atoms with van der Waals surface area (Å²) in [6, 6.07) is 5.81. The Morgan fingerprint density at radius 3 is 2.86 bits per heavy atom. The number of benzene rings is 1. The summed E-state index contributed by atoms with van der Waals surface area (Å²) in [7, 11) is -3.37. The smallest absolute Gasteiger partial charge is 0.243 e. The third-order valence-corrected chi connectivity index (χ3v) is 6.74. The van der Waals surface area contributed by atoms with Crippen LogP contribution in [0.25, 0.3) is 0 Å². The monoisotopic (exact) mass is 308 g/mol. The number of nitrogens with zero attached hydrogens (tertiary/aromatic N) is 2. The van der Waals surface area contributed by atoms with Crippen LogP contribution in [-0.2, 0) is 28.0 Å². The summed E-state index contributed by atoms with van der Waals surface area (Å²) >= 11 is 0. The molecular formula is C15H20N2O3S. The first-order chi connectivity index (χ1) is 10.1. The summed E-state index contributed by atoms with van der Waals surface area (Å²) in [5, 5.41) is 0. The minimum absolute atomic E-state index is 0.409. The lowest BCUT2D eigenvalue weighted by atomic mass is 10.1. The molecule has 114 valence electrons. The second-order valence-electron chi connectivity index (χ2n) is 6.12. The average molecular weight is 308 g/mol. The highest BCUT2D eigenvalue weighted by molar-refractivity contribution is 7.89. The van der Waals surface area contributed by atoms with Crippen LogP contribution in [0.5, 0.6) is 0 Å². The topological polar surface area (TPSA) is 49.9 Å². The third-order valence-electron chi connectivity index (χ3n) is 4.88. The Morgan fingerprint density at radius 2 is 1.95 bits per heavy atom. The zero-order chi connectivity index (χ0) is 14.4. The van der Waals surface area contributed by atoms with Crippen molar-refractivity contribution in [2.75, 3.05) is 26.2 Å². The molecular weight excluding hydrogens is 288 g/mol. The zero-order valence-corrected chi connectivity index (χ0v) is 12.8. The van der Waals surface area contributed by atoms with Gasteiger partial charge in [0.1, 0.15) is 0 Å². The molecule has 3 heterocycles. The Bertz CT molecular complexity index is 659. The van der Waals surface area contributed by atoms with Gasteiger partial charge in [0, 0.05) is 25.7 Å². The molecule has 0 aromatic heterocycles. The van der Waals surface area contributed by atoms with Crippen molar-refractivity contribution in [2.45, 2.75) is 37.0 Å². The summed E-state index contributed by atoms with van der Waals surface area (Å²) in [5.74, 6) is 0. The molecule has 2 saturated heterocycles. The molecule has 1 aromatic carbocycles. The SMILES string of the molecule is O=S(=O)(c1ccc2c(c1)COC2)N1CCN2CCC[C@H]2C1. The largest absolute Gasteiger partial charge is 0.372 e. The molecule has 1 aromatic rings. The van der Waals surface area contributed by atoms with Gasteiger partial charge < -0.3 is 4.74 Å². The highest BCUT2D eigenvalue weighted by atomic mass is 32.2. The molecule has 2 fully saturated rings. The van der Waals surface area contributed by atoms with Crippen molar-refractivity contribution in [2.24, 2.45) is 0 Å². The van der Waals surface area contributed by atoms with Gasteiger partial charge in [0.05, 0.1) is 18.1 Å². The normalized spacial score (nSPS) is 26.8. The summed E-state index contributed by atoms with van der Waals surface area (Å²) in [6.07, 6.45) is 2.30. The maximum atomic E-state index is 12.8. The first kappa shape index (κ1) is 13.7. The lowest BCUT2D eigenvalue weighted by Gasteiger charge is -2.36. The van der Waals surface area contributed by atoms with Crippen LogP contribution in [0, 0.1) is 0 Å². The predicted octanol–water partition coefficient (Wildman–Crippen LogP) is 1.19. The van der Waals surface area contributed by atoms with E-state index in [4.69, 9.17) is 4.74 Å². The molecule has 3 aliphatic rings. The fourth-order valence-corrected chi connectivity index (χ4v) is 5.16. The van der Waals surface area contributed by atoms with E-state index in [1.165, 1.54) is 6.42 Å². The molecule has 6 heteroatoms. The molecule has 0 aliphatic carbocycles. The van der Waals surface area contributed by atoms with Crippen LogP contribution in [0.2, 0.25) is 0 Å². The van der Waals surface area contributed by atoms with E-state index in [1.54, 1.807) is 16.4 Å². The summed E-state index contributed by atoms with van der Waals surface area (Å²) in [4.78, 5) is 2.83. The van der Waals surface area contributed by atoms with Gasteiger partial charge in [-0.15, -0.1) is 0 Å². The van der Waals surface area contributed by atoms with E-state index in [0.29, 0.717) is 37.2 Å². The predicted molar refractivity (Wildman–Crippen MR) is 78.3 cm³/mol. The van der Waals surface area contributed by atoms with Crippen LogP contribution in [0.15, 0.2) is 23.1 Å². The Kier molecular flexibility index (Phi) is 3.29. The Morgan fingerprint density at radius 1 is 1.10 bits per heavy atom. The average Bonchev–Trinajstić information content (AvgIpc) is 3.14. The van der Waals surface area contributed by atoms with Gasteiger partial charge >= 0.3 is 0 Å². The van der Waals surface area contributed by atoms with E-state index in [-0.39, 0.29) is 0 Å². The van der Waals surface area contributed by atoms with Crippen LogP contribution in [-0.4, -0.2) is 49.8 Å². The maximum Gasteiger partial charge on any atom is 0.243 e. The molecule has 21 heavy (non-hydrogen) atoms. The fourth-order valence-electron chi connectivity index (χ4n) is 3.64. The molecule has 0 bridgehead atoms. The Balaban J connectivity index is 1.61. The van der Waals surface area contributed by atoms with Crippen LogP contribution in [0.4, 0.5) is 0 Å². The minimum Gasteiger partial charge on any atom is -0.372 e. The molecule has 5 nitrogen and oxygen atoms in total. The summed E-state index contributed by atoms with van der Waals surface area (Å²) in [5.41, 5.74) is 2.12. The van der Waals surface area contributed by atoms with E-state index < -0.39 is 10.0 Å². The number of hydrogen-bond acceptors (Lipinski definition) is 4. The van der Waals surface area contributed by atoms with Crippen molar-refractivity contribution >= 4 is 10.0 Å². The number of piperazine rings is 1. The number of rotatable bonds is 2. The van der Waals surface area contributed by atoms with Crippen LogP contribution < -0.4 is 0 Å². The number of hydrogen-bond donors (Lipinski definition) is 0. The van der Waals surface area contributed by atoms with Gasteiger partial charge in [-0.3, -0.25) is 4.90 Å². The van der Waals surface area contributed by atoms with E-state index in [2.05, 4.69) is 4.90 Å². The van der Waals surface area contributed by atoms with Crippen molar-refractivity contribution in [3.05, 3.63) is 29.3 Å². The lowest BCUT2D eigenvalue weighted by molar-refractivity contribution is 0.134. The first-order valence-corrected chi connectivity index (χ1v) is 9.02. The number of ether oxygens (including phenoxy) is 1. The molecule has 0 radical (unpaired) electrons. The minimum atomic E-state index is -3.37. The van der Waals surface area contributed by atoms with Crippen molar-refractivity contribution in [1.29, 1.82) is 0 Å². The van der Waals surface area contributed by atoms with E-state index >= 15 is 0 Å². The first-order valence-electron chi connectivity index (χ1n) is 7.58. The van der Waals surface area contributed by atoms with Crippen molar-refractivity contribution in [3.63, 3.8) is 0 Å². The van der Waals surface area contributed by atoms with Gasteiger partial charge in [0.15, 0.2) is 0 Å². The quantitative estimate of drug-likeness (QED) is 0.823. The van der Waals surface area contributed by atoms with E-state index in [0.717, 1.165) is 30.6 Å². The highest BCUT2D eigenvalue weighted by Gasteiger charge is 2.36. The second-order valence-corrected chi connectivity index (χ2v) is 8.06. The molecule has 1 atom stereocenters. The molecule has 0 N–H and O–H groups in total. The Hall–Kier alpha value is -0.950. The Labute approximate surface area is 125 Å². The van der Waals surface area contributed by atoms with Gasteiger partial charge in [0.25, 0.3) is 0 Å². The van der Waals surface area contributed by atoms with E-state index in [1.807, 2.05) is 6.07 Å². The van der Waals surface area contributed by atoms with Gasteiger partial charge in [-0.25, -0.2) is 8.42 Å². The van der Waals surface area contributed by atoms with Crippen LogP contribution in [0.1, 0.15) is 24.0 Å². The number of sulfonamides is 1. The maximum absolute atomic E-state index is 12.8. The molecule has 4 rings (SSSR count). The van der Waals surface area contributed by atoms with Crippen molar-refractivity contribution < 1.29 is 13.2 Å². The zero-order valence-electron chi connectivity index (χ0n) is 12.0. The fraction of sp³-hybridized carbons (Fsp3) is 0.600. The van der Waals surface area contributed by atoms with Crippen molar-refractivity contribution in [1.82, 2.24) is 9.21 Å². The lowest BCUT2D eigenvalue weighted by Crippen LogP contribution is -2.51.